The molecule has 2 aromatic heterocycles. The van der Waals surface area contributed by atoms with E-state index in [0.717, 1.165) is 23.1 Å². The van der Waals surface area contributed by atoms with E-state index >= 15 is 0 Å². The van der Waals surface area contributed by atoms with Crippen LogP contribution in [-0.4, -0.2) is 34.2 Å². The van der Waals surface area contributed by atoms with E-state index in [1.807, 2.05) is 0 Å². The highest BCUT2D eigenvalue weighted by Gasteiger charge is 2.43. The second-order valence-electron chi connectivity index (χ2n) is 10.8. The van der Waals surface area contributed by atoms with Crippen molar-refractivity contribution in [2.24, 2.45) is 5.92 Å². The van der Waals surface area contributed by atoms with Gasteiger partial charge < -0.3 is 14.4 Å². The smallest absolute Gasteiger partial charge is 0.260 e. The van der Waals surface area contributed by atoms with E-state index in [4.69, 9.17) is 14.5 Å². The van der Waals surface area contributed by atoms with Gasteiger partial charge in [-0.25, -0.2) is 22.5 Å². The van der Waals surface area contributed by atoms with Gasteiger partial charge in [0.15, 0.2) is 0 Å². The van der Waals surface area contributed by atoms with Crippen molar-refractivity contribution in [1.29, 1.82) is 5.26 Å². The maximum atomic E-state index is 13.9. The number of allylic oxidation sites excluding steroid dienone is 4. The Bertz CT molecular complexity index is 1500. The first-order valence-electron chi connectivity index (χ1n) is 13.4. The molecule has 0 saturated heterocycles. The normalized spacial score (nSPS) is 26.9. The van der Waals surface area contributed by atoms with E-state index in [9.17, 15) is 22.7 Å². The Hall–Kier alpha value is -3.07. The first-order chi connectivity index (χ1) is 19.3. The van der Waals surface area contributed by atoms with Crippen LogP contribution in [0.3, 0.4) is 0 Å². The lowest BCUT2D eigenvalue weighted by molar-refractivity contribution is -0.0643. The summed E-state index contributed by atoms with van der Waals surface area (Å²) < 4.78 is 68.3. The van der Waals surface area contributed by atoms with Crippen LogP contribution in [-0.2, 0) is 16.9 Å². The highest BCUT2D eigenvalue weighted by molar-refractivity contribution is 7.18. The minimum Gasteiger partial charge on any atom is -0.383 e. The van der Waals surface area contributed by atoms with E-state index in [2.05, 4.69) is 16.2 Å². The monoisotopic (exact) mass is 573 g/mol. The molecule has 1 aromatic carbocycles. The Labute approximate surface area is 231 Å². The lowest BCUT2D eigenvalue weighted by Gasteiger charge is -2.34. The zero-order chi connectivity index (χ0) is 28.0. The summed E-state index contributed by atoms with van der Waals surface area (Å²) in [6.07, 6.45) is 1.32. The number of fused-ring (bicyclic) bond motifs is 1. The minimum absolute atomic E-state index is 0.0124. The third-order valence-corrected chi connectivity index (χ3v) is 9.35. The minimum atomic E-state index is -2.91. The number of nitriles is 1. The highest BCUT2D eigenvalue weighted by atomic mass is 32.1. The van der Waals surface area contributed by atoms with Crippen molar-refractivity contribution in [2.45, 2.75) is 81.5 Å². The van der Waals surface area contributed by atoms with Crippen LogP contribution in [0.25, 0.3) is 10.2 Å². The van der Waals surface area contributed by atoms with Crippen LogP contribution in [0.2, 0.25) is 0 Å². The number of nitrogens with zero attached hydrogens (tertiary/aromatic N) is 3. The molecule has 6 rings (SSSR count). The Kier molecular flexibility index (Phi) is 7.27. The van der Waals surface area contributed by atoms with Crippen molar-refractivity contribution in [1.82, 2.24) is 10.1 Å². The van der Waals surface area contributed by atoms with Gasteiger partial charge in [0.25, 0.3) is 6.43 Å². The van der Waals surface area contributed by atoms with Crippen LogP contribution in [0.5, 0.6) is 0 Å². The molecule has 2 fully saturated rings. The van der Waals surface area contributed by atoms with Gasteiger partial charge >= 0.3 is 0 Å². The lowest BCUT2D eigenvalue weighted by atomic mass is 9.78. The molecule has 11 heteroatoms. The molecule has 3 aliphatic rings. The number of ether oxygens (including phenoxy) is 1. The van der Waals surface area contributed by atoms with Crippen molar-refractivity contribution in [3.05, 3.63) is 69.6 Å². The van der Waals surface area contributed by atoms with Gasteiger partial charge in [-0.15, -0.1) is 11.3 Å². The van der Waals surface area contributed by atoms with E-state index < -0.39 is 35.9 Å². The number of halogens is 4. The van der Waals surface area contributed by atoms with E-state index in [0.29, 0.717) is 47.6 Å². The van der Waals surface area contributed by atoms with Crippen molar-refractivity contribution in [3.63, 3.8) is 0 Å². The summed E-state index contributed by atoms with van der Waals surface area (Å²) in [4.78, 5) is 4.60. The summed E-state index contributed by atoms with van der Waals surface area (Å²) >= 11 is 1.37. The molecule has 6 nitrogen and oxygen atoms in total. The fraction of sp³-hybridized carbons (Fsp3) is 0.483. The third-order valence-electron chi connectivity index (χ3n) is 8.14. The fourth-order valence-electron chi connectivity index (χ4n) is 5.74. The maximum Gasteiger partial charge on any atom is 0.260 e. The molecule has 2 unspecified atom stereocenters. The predicted octanol–water partition coefficient (Wildman–Crippen LogP) is 7.11. The van der Waals surface area contributed by atoms with Crippen molar-refractivity contribution in [3.8, 4) is 6.07 Å². The molecule has 2 atom stereocenters. The molecule has 1 N–H and O–H groups in total. The average molecular weight is 574 g/mol. The number of hydrogen-bond acceptors (Lipinski definition) is 7. The highest BCUT2D eigenvalue weighted by Crippen LogP contribution is 2.48. The van der Waals surface area contributed by atoms with E-state index in [1.54, 1.807) is 18.2 Å². The topological polar surface area (TPSA) is 92.2 Å². The first kappa shape index (κ1) is 27.1. The zero-order valence-electron chi connectivity index (χ0n) is 21.4. The van der Waals surface area contributed by atoms with Crippen molar-refractivity contribution in [2.75, 3.05) is 0 Å². The molecule has 210 valence electrons. The average Bonchev–Trinajstić information content (AvgIpc) is 3.56. The summed E-state index contributed by atoms with van der Waals surface area (Å²) in [6, 6.07) is 7.34. The Morgan fingerprint density at radius 3 is 2.62 bits per heavy atom. The van der Waals surface area contributed by atoms with E-state index in [-0.39, 0.29) is 24.3 Å². The van der Waals surface area contributed by atoms with Crippen LogP contribution in [0, 0.1) is 17.2 Å². The number of aromatic nitrogens is 2. The number of aliphatic hydroxyl groups is 1. The number of rotatable bonds is 8. The van der Waals surface area contributed by atoms with Crippen LogP contribution >= 0.6 is 11.3 Å². The largest absolute Gasteiger partial charge is 0.383 e. The van der Waals surface area contributed by atoms with Gasteiger partial charge in [0.2, 0.25) is 6.43 Å². The second-order valence-corrected chi connectivity index (χ2v) is 11.8. The lowest BCUT2D eigenvalue weighted by Crippen LogP contribution is -2.34. The van der Waals surface area contributed by atoms with Crippen LogP contribution in [0.15, 0.2) is 46.5 Å². The second kappa shape index (κ2) is 10.7. The Morgan fingerprint density at radius 1 is 1.18 bits per heavy atom. The standard InChI is InChI=1S/C29H27F4N3O3S/c30-26(31)18-2-1-3-19(27(32)33)23(18)24-20(25(39-36-24)16-5-6-16)14-38-17-8-10-29(37,11-9-17)28-35-21-7-4-15(13-34)12-22(21)40-28/h1-4,7,12,16-18,23,26-27,37H,5-6,8-11,14H2. The van der Waals surface area contributed by atoms with Gasteiger partial charge in [-0.2, -0.15) is 5.26 Å². The molecule has 2 saturated carbocycles. The number of alkyl halides is 4. The number of benzene rings is 1. The van der Waals surface area contributed by atoms with E-state index in [1.165, 1.54) is 29.6 Å². The molecule has 3 aliphatic carbocycles. The summed E-state index contributed by atoms with van der Waals surface area (Å²) in [6.45, 7) is 0.0124. The first-order valence-corrected chi connectivity index (χ1v) is 14.2. The summed E-state index contributed by atoms with van der Waals surface area (Å²) in [5, 5.41) is 25.2. The zero-order valence-corrected chi connectivity index (χ0v) is 22.2. The maximum absolute atomic E-state index is 13.9. The Morgan fingerprint density at radius 2 is 1.95 bits per heavy atom. The molecule has 3 aromatic rings. The van der Waals surface area contributed by atoms with Gasteiger partial charge in [-0.3, -0.25) is 0 Å². The van der Waals surface area contributed by atoms with Crippen LogP contribution < -0.4 is 0 Å². The molecule has 0 bridgehead atoms. The summed E-state index contributed by atoms with van der Waals surface area (Å²) in [5.41, 5.74) is 0.335. The molecular weight excluding hydrogens is 546 g/mol. The summed E-state index contributed by atoms with van der Waals surface area (Å²) in [7, 11) is 0. The Balaban J connectivity index is 1.18. The van der Waals surface area contributed by atoms with Gasteiger partial charge in [0, 0.05) is 23.0 Å². The molecule has 0 spiro atoms. The fourth-order valence-corrected chi connectivity index (χ4v) is 6.90. The molecule has 0 amide bonds. The van der Waals surface area contributed by atoms with Crippen LogP contribution in [0.1, 0.15) is 77.9 Å². The molecule has 40 heavy (non-hydrogen) atoms. The third kappa shape index (κ3) is 5.08. The van der Waals surface area contributed by atoms with Gasteiger partial charge in [0.1, 0.15) is 16.4 Å². The van der Waals surface area contributed by atoms with Gasteiger partial charge in [0.05, 0.1) is 46.2 Å². The number of thiazole rings is 1. The van der Waals surface area contributed by atoms with Crippen molar-refractivity contribution < 1.29 is 31.9 Å². The predicted molar refractivity (Wildman–Crippen MR) is 139 cm³/mol. The van der Waals surface area contributed by atoms with Crippen molar-refractivity contribution >= 4 is 21.6 Å². The summed E-state index contributed by atoms with van der Waals surface area (Å²) in [5.74, 6) is -2.12. The number of hydrogen-bond donors (Lipinski definition) is 1. The quantitative estimate of drug-likeness (QED) is 0.289. The SMILES string of the molecule is N#Cc1ccc2nc(C3(O)CCC(OCc4c(C5C(C(F)F)=CC=CC5C(F)F)noc4C4CC4)CC3)sc2c1. The molecule has 0 aliphatic heterocycles. The van der Waals surface area contributed by atoms with Crippen LogP contribution in [0.4, 0.5) is 17.6 Å². The molecular formula is C29H27F4N3O3S. The molecule has 2 heterocycles. The van der Waals surface area contributed by atoms with Gasteiger partial charge in [-0.1, -0.05) is 23.4 Å². The van der Waals surface area contributed by atoms with Gasteiger partial charge in [-0.05, 0) is 56.7 Å². The molecule has 0 radical (unpaired) electrons.